The summed E-state index contributed by atoms with van der Waals surface area (Å²) in [6.07, 6.45) is 0. The molecule has 7 nitrogen and oxygen atoms in total. The van der Waals surface area contributed by atoms with Crippen LogP contribution in [-0.2, 0) is 6.54 Å². The van der Waals surface area contributed by atoms with E-state index in [1.165, 1.54) is 0 Å². The Morgan fingerprint density at radius 3 is 2.78 bits per heavy atom. The van der Waals surface area contributed by atoms with Gasteiger partial charge >= 0.3 is 11.8 Å². The van der Waals surface area contributed by atoms with Gasteiger partial charge in [-0.2, -0.15) is 0 Å². The van der Waals surface area contributed by atoms with E-state index in [1.54, 1.807) is 18.2 Å². The number of rotatable bonds is 4. The highest BCUT2D eigenvalue weighted by molar-refractivity contribution is 5.77. The largest absolute Gasteiger partial charge is 0.417 e. The number of nitrogens with one attached hydrogen (secondary N) is 2. The van der Waals surface area contributed by atoms with Gasteiger partial charge < -0.3 is 14.2 Å². The minimum Gasteiger partial charge on any atom is -0.408 e. The lowest BCUT2D eigenvalue weighted by atomic mass is 10.2. The summed E-state index contributed by atoms with van der Waals surface area (Å²) in [6.45, 7) is 0.591. The van der Waals surface area contributed by atoms with Crippen LogP contribution in [0.4, 0.5) is 6.01 Å². The molecular weight excluding hydrogens is 296 g/mol. The number of aromatic amines is 1. The summed E-state index contributed by atoms with van der Waals surface area (Å²) in [7, 11) is 0. The molecule has 0 fully saturated rings. The molecule has 0 aliphatic heterocycles. The van der Waals surface area contributed by atoms with Crippen LogP contribution in [0, 0.1) is 0 Å². The van der Waals surface area contributed by atoms with Crippen molar-refractivity contribution < 1.29 is 8.83 Å². The third-order valence-corrected chi connectivity index (χ3v) is 3.38. The van der Waals surface area contributed by atoms with Crippen LogP contribution in [0.3, 0.4) is 0 Å². The van der Waals surface area contributed by atoms with Crippen LogP contribution in [0.1, 0.15) is 5.56 Å². The number of nitrogens with zero attached hydrogens (tertiary/aromatic N) is 2. The number of hydrogen-bond donors (Lipinski definition) is 2. The van der Waals surface area contributed by atoms with Crippen molar-refractivity contribution in [1.82, 2.24) is 15.2 Å². The third-order valence-electron chi connectivity index (χ3n) is 3.38. The zero-order valence-corrected chi connectivity index (χ0v) is 11.9. The smallest absolute Gasteiger partial charge is 0.408 e. The fourth-order valence-corrected chi connectivity index (χ4v) is 2.26. The van der Waals surface area contributed by atoms with Gasteiger partial charge in [-0.05, 0) is 23.8 Å². The number of anilines is 1. The molecule has 0 bridgehead atoms. The first kappa shape index (κ1) is 13.3. The summed E-state index contributed by atoms with van der Waals surface area (Å²) >= 11 is 0. The monoisotopic (exact) mass is 308 g/mol. The maximum Gasteiger partial charge on any atom is 0.417 e. The molecule has 4 rings (SSSR count). The van der Waals surface area contributed by atoms with Crippen molar-refractivity contribution in [2.45, 2.75) is 6.54 Å². The Bertz CT molecular complexity index is 1000. The van der Waals surface area contributed by atoms with Crippen molar-refractivity contribution in [3.63, 3.8) is 0 Å². The predicted octanol–water partition coefficient (Wildman–Crippen LogP) is 2.78. The van der Waals surface area contributed by atoms with Gasteiger partial charge in [-0.25, -0.2) is 4.79 Å². The number of hydrogen-bond acceptors (Lipinski definition) is 6. The van der Waals surface area contributed by atoms with Gasteiger partial charge in [0.05, 0.1) is 5.52 Å². The number of aromatic nitrogens is 3. The molecule has 23 heavy (non-hydrogen) atoms. The first-order valence-corrected chi connectivity index (χ1v) is 7.02. The fourth-order valence-electron chi connectivity index (χ4n) is 2.26. The molecule has 0 saturated carbocycles. The van der Waals surface area contributed by atoms with Gasteiger partial charge in [0.15, 0.2) is 5.58 Å². The standard InChI is InChI=1S/C16H12N4O3/c21-16-18-12-7-6-11(8-13(12)22-16)14-19-20-15(23-14)17-9-10-4-2-1-3-5-10/h1-8H,9H2,(H,17,20)(H,18,21). The topological polar surface area (TPSA) is 97.0 Å². The Morgan fingerprint density at radius 2 is 1.91 bits per heavy atom. The summed E-state index contributed by atoms with van der Waals surface area (Å²) in [5, 5.41) is 11.0. The van der Waals surface area contributed by atoms with E-state index >= 15 is 0 Å². The zero-order chi connectivity index (χ0) is 15.6. The van der Waals surface area contributed by atoms with Gasteiger partial charge in [-0.1, -0.05) is 35.4 Å². The average Bonchev–Trinajstić information content (AvgIpc) is 3.18. The second kappa shape index (κ2) is 5.45. The fraction of sp³-hybridized carbons (Fsp3) is 0.0625. The van der Waals surface area contributed by atoms with E-state index in [2.05, 4.69) is 20.5 Å². The van der Waals surface area contributed by atoms with Crippen LogP contribution in [0.2, 0.25) is 0 Å². The quantitative estimate of drug-likeness (QED) is 0.601. The molecule has 0 radical (unpaired) electrons. The highest BCUT2D eigenvalue weighted by atomic mass is 16.4. The summed E-state index contributed by atoms with van der Waals surface area (Å²) in [6, 6.07) is 15.4. The van der Waals surface area contributed by atoms with Crippen LogP contribution >= 0.6 is 0 Å². The maximum atomic E-state index is 11.2. The van der Waals surface area contributed by atoms with Gasteiger partial charge in [0.2, 0.25) is 5.89 Å². The van der Waals surface area contributed by atoms with E-state index in [0.29, 0.717) is 35.1 Å². The van der Waals surface area contributed by atoms with E-state index in [9.17, 15) is 4.79 Å². The molecule has 2 N–H and O–H groups in total. The Morgan fingerprint density at radius 1 is 1.04 bits per heavy atom. The van der Waals surface area contributed by atoms with E-state index in [-0.39, 0.29) is 0 Å². The molecule has 0 amide bonds. The molecule has 114 valence electrons. The summed E-state index contributed by atoms with van der Waals surface area (Å²) in [4.78, 5) is 13.8. The minimum absolute atomic E-state index is 0.333. The van der Waals surface area contributed by atoms with Crippen molar-refractivity contribution in [2.75, 3.05) is 5.32 Å². The summed E-state index contributed by atoms with van der Waals surface area (Å²) in [5.41, 5.74) is 2.87. The van der Waals surface area contributed by atoms with Crippen LogP contribution in [0.15, 0.2) is 62.2 Å². The normalized spacial score (nSPS) is 11.0. The molecule has 4 aromatic rings. The van der Waals surface area contributed by atoms with Crippen LogP contribution in [0.5, 0.6) is 0 Å². The molecule has 0 spiro atoms. The first-order valence-electron chi connectivity index (χ1n) is 7.02. The van der Waals surface area contributed by atoms with E-state index < -0.39 is 5.76 Å². The highest BCUT2D eigenvalue weighted by Gasteiger charge is 2.10. The second-order valence-corrected chi connectivity index (χ2v) is 4.98. The number of fused-ring (bicyclic) bond motifs is 1. The zero-order valence-electron chi connectivity index (χ0n) is 11.9. The Kier molecular flexibility index (Phi) is 3.16. The van der Waals surface area contributed by atoms with Gasteiger partial charge in [-0.15, -0.1) is 5.10 Å². The lowest BCUT2D eigenvalue weighted by molar-refractivity contribution is 0.554. The van der Waals surface area contributed by atoms with Crippen molar-refractivity contribution in [1.29, 1.82) is 0 Å². The molecule has 0 aliphatic carbocycles. The molecule has 0 aliphatic rings. The SMILES string of the molecule is O=c1[nH]c2ccc(-c3nnc(NCc4ccccc4)o3)cc2o1. The van der Waals surface area contributed by atoms with Gasteiger partial charge in [0, 0.05) is 12.1 Å². The van der Waals surface area contributed by atoms with Crippen LogP contribution < -0.4 is 11.1 Å². The molecule has 2 heterocycles. The van der Waals surface area contributed by atoms with Crippen LogP contribution in [0.25, 0.3) is 22.6 Å². The predicted molar refractivity (Wildman–Crippen MR) is 83.9 cm³/mol. The van der Waals surface area contributed by atoms with Crippen molar-refractivity contribution in [2.24, 2.45) is 0 Å². The Hall–Kier alpha value is -3.35. The Balaban J connectivity index is 1.55. The molecule has 0 saturated heterocycles. The minimum atomic E-state index is -0.493. The number of benzene rings is 2. The van der Waals surface area contributed by atoms with E-state index in [4.69, 9.17) is 8.83 Å². The van der Waals surface area contributed by atoms with Gasteiger partial charge in [0.1, 0.15) is 0 Å². The second-order valence-electron chi connectivity index (χ2n) is 4.98. The van der Waals surface area contributed by atoms with Gasteiger partial charge in [0.25, 0.3) is 0 Å². The molecule has 2 aromatic heterocycles. The average molecular weight is 308 g/mol. The molecule has 0 unspecified atom stereocenters. The molecule has 0 atom stereocenters. The maximum absolute atomic E-state index is 11.2. The van der Waals surface area contributed by atoms with E-state index in [1.807, 2.05) is 30.3 Å². The first-order chi connectivity index (χ1) is 11.3. The van der Waals surface area contributed by atoms with Crippen molar-refractivity contribution in [3.8, 4) is 11.5 Å². The molecular formula is C16H12N4O3. The van der Waals surface area contributed by atoms with E-state index in [0.717, 1.165) is 5.56 Å². The molecule has 2 aromatic carbocycles. The molecule has 7 heteroatoms. The third kappa shape index (κ3) is 2.71. The number of oxazole rings is 1. The van der Waals surface area contributed by atoms with Crippen LogP contribution in [-0.4, -0.2) is 15.2 Å². The Labute approximate surface area is 130 Å². The van der Waals surface area contributed by atoms with Crippen molar-refractivity contribution >= 4 is 17.1 Å². The van der Waals surface area contributed by atoms with Gasteiger partial charge in [-0.3, -0.25) is 4.98 Å². The summed E-state index contributed by atoms with van der Waals surface area (Å²) < 4.78 is 10.6. The summed E-state index contributed by atoms with van der Waals surface area (Å²) in [5.74, 6) is -0.140. The van der Waals surface area contributed by atoms with Crippen molar-refractivity contribution in [3.05, 3.63) is 64.6 Å². The number of H-pyrrole nitrogens is 1. The highest BCUT2D eigenvalue weighted by Crippen LogP contribution is 2.23. The lowest BCUT2D eigenvalue weighted by Crippen LogP contribution is -1.98. The lowest BCUT2D eigenvalue weighted by Gasteiger charge is -2.00.